The smallest absolute Gasteiger partial charge is 0.0616 e. The number of likely N-dealkylation sites (tertiary alicyclic amines) is 1. The molecule has 0 aromatic rings. The molecule has 0 bridgehead atoms. The van der Waals surface area contributed by atoms with Crippen molar-refractivity contribution in [2.45, 2.75) is 83.4 Å². The van der Waals surface area contributed by atoms with Crippen LogP contribution < -0.4 is 5.73 Å². The van der Waals surface area contributed by atoms with Crippen molar-refractivity contribution in [1.29, 1.82) is 0 Å². The molecular formula is C17H34N2O. The maximum absolute atomic E-state index is 6.30. The molecule has 2 aliphatic heterocycles. The maximum atomic E-state index is 6.30. The summed E-state index contributed by atoms with van der Waals surface area (Å²) >= 11 is 0. The van der Waals surface area contributed by atoms with Crippen LogP contribution in [0.25, 0.3) is 0 Å². The Balaban J connectivity index is 2.18. The lowest BCUT2D eigenvalue weighted by Gasteiger charge is -2.51. The van der Waals surface area contributed by atoms with E-state index in [1.807, 2.05) is 0 Å². The maximum Gasteiger partial charge on any atom is 0.0616 e. The zero-order chi connectivity index (χ0) is 14.6. The number of nitrogens with two attached hydrogens (primary N) is 1. The van der Waals surface area contributed by atoms with Crippen molar-refractivity contribution in [3.63, 3.8) is 0 Å². The number of nitrogens with zero attached hydrogens (tertiary/aromatic N) is 1. The van der Waals surface area contributed by atoms with E-state index >= 15 is 0 Å². The van der Waals surface area contributed by atoms with Crippen LogP contribution in [0.4, 0.5) is 0 Å². The monoisotopic (exact) mass is 282 g/mol. The summed E-state index contributed by atoms with van der Waals surface area (Å²) in [6.07, 6.45) is 9.35. The molecule has 3 unspecified atom stereocenters. The van der Waals surface area contributed by atoms with Gasteiger partial charge >= 0.3 is 0 Å². The van der Waals surface area contributed by atoms with Crippen LogP contribution in [-0.2, 0) is 4.74 Å². The predicted molar refractivity (Wildman–Crippen MR) is 84.9 cm³/mol. The van der Waals surface area contributed by atoms with Crippen LogP contribution in [0.2, 0.25) is 0 Å². The molecule has 0 amide bonds. The van der Waals surface area contributed by atoms with Gasteiger partial charge in [0.2, 0.25) is 0 Å². The van der Waals surface area contributed by atoms with E-state index in [0.717, 1.165) is 32.0 Å². The van der Waals surface area contributed by atoms with E-state index in [0.29, 0.717) is 12.0 Å². The summed E-state index contributed by atoms with van der Waals surface area (Å²) in [4.78, 5) is 2.79. The van der Waals surface area contributed by atoms with Gasteiger partial charge in [0, 0.05) is 24.7 Å². The van der Waals surface area contributed by atoms with Gasteiger partial charge in [0.1, 0.15) is 0 Å². The van der Waals surface area contributed by atoms with E-state index in [1.165, 1.54) is 38.6 Å². The van der Waals surface area contributed by atoms with Crippen molar-refractivity contribution < 1.29 is 4.74 Å². The van der Waals surface area contributed by atoms with E-state index in [9.17, 15) is 0 Å². The summed E-state index contributed by atoms with van der Waals surface area (Å²) in [5.74, 6) is 0.591. The summed E-state index contributed by atoms with van der Waals surface area (Å²) < 4.78 is 6.01. The average molecular weight is 282 g/mol. The lowest BCUT2D eigenvalue weighted by atomic mass is 9.80. The SMILES string of the molecule is CCC1CCCCCN1C1(CN)CCOC(C(C)C)C1. The molecule has 2 rings (SSSR count). The van der Waals surface area contributed by atoms with Gasteiger partial charge in [-0.1, -0.05) is 33.6 Å². The van der Waals surface area contributed by atoms with Crippen LogP contribution >= 0.6 is 0 Å². The van der Waals surface area contributed by atoms with E-state index < -0.39 is 0 Å². The van der Waals surface area contributed by atoms with Gasteiger partial charge in [-0.15, -0.1) is 0 Å². The number of ether oxygens (including phenoxy) is 1. The van der Waals surface area contributed by atoms with Crippen LogP contribution in [0.1, 0.15) is 65.7 Å². The van der Waals surface area contributed by atoms with E-state index in [1.54, 1.807) is 0 Å². The highest BCUT2D eigenvalue weighted by molar-refractivity contribution is 4.99. The van der Waals surface area contributed by atoms with Crippen LogP contribution in [0.5, 0.6) is 0 Å². The van der Waals surface area contributed by atoms with Crippen molar-refractivity contribution >= 4 is 0 Å². The first-order valence-corrected chi connectivity index (χ1v) is 8.71. The van der Waals surface area contributed by atoms with Crippen molar-refractivity contribution in [2.24, 2.45) is 11.7 Å². The molecule has 2 N–H and O–H groups in total. The van der Waals surface area contributed by atoms with Crippen molar-refractivity contribution in [3.05, 3.63) is 0 Å². The second kappa shape index (κ2) is 7.24. The molecule has 3 atom stereocenters. The standard InChI is InChI=1S/C17H34N2O/c1-4-15-8-6-5-7-10-19(15)17(13-18)9-11-20-16(12-17)14(2)3/h14-16H,4-13,18H2,1-3H3. The Bertz CT molecular complexity index is 295. The summed E-state index contributed by atoms with van der Waals surface area (Å²) in [7, 11) is 0. The summed E-state index contributed by atoms with van der Waals surface area (Å²) in [6.45, 7) is 9.80. The van der Waals surface area contributed by atoms with E-state index in [2.05, 4.69) is 25.7 Å². The zero-order valence-electron chi connectivity index (χ0n) is 13.7. The Kier molecular flexibility index (Phi) is 5.88. The fourth-order valence-electron chi connectivity index (χ4n) is 4.15. The molecule has 0 radical (unpaired) electrons. The average Bonchev–Trinajstić information content (AvgIpc) is 2.72. The van der Waals surface area contributed by atoms with Crippen molar-refractivity contribution in [3.8, 4) is 0 Å². The molecule has 2 heterocycles. The lowest BCUT2D eigenvalue weighted by Crippen LogP contribution is -2.61. The highest BCUT2D eigenvalue weighted by atomic mass is 16.5. The number of hydrogen-bond acceptors (Lipinski definition) is 3. The molecule has 0 spiro atoms. The van der Waals surface area contributed by atoms with Crippen LogP contribution in [0, 0.1) is 5.92 Å². The minimum atomic E-state index is 0.193. The Morgan fingerprint density at radius 2 is 2.10 bits per heavy atom. The molecule has 2 aliphatic rings. The molecule has 0 aliphatic carbocycles. The molecule has 0 saturated carbocycles. The van der Waals surface area contributed by atoms with Gasteiger partial charge < -0.3 is 10.5 Å². The minimum Gasteiger partial charge on any atom is -0.378 e. The summed E-state index contributed by atoms with van der Waals surface area (Å²) in [5, 5.41) is 0. The lowest BCUT2D eigenvalue weighted by molar-refractivity contribution is -0.0982. The van der Waals surface area contributed by atoms with Gasteiger partial charge in [0.15, 0.2) is 0 Å². The van der Waals surface area contributed by atoms with Gasteiger partial charge in [0.05, 0.1) is 6.10 Å². The molecule has 3 heteroatoms. The zero-order valence-corrected chi connectivity index (χ0v) is 13.7. The first kappa shape index (κ1) is 16.3. The summed E-state index contributed by atoms with van der Waals surface area (Å²) in [6, 6.07) is 0.729. The third-order valence-corrected chi connectivity index (χ3v) is 5.56. The third kappa shape index (κ3) is 3.37. The van der Waals surface area contributed by atoms with Crippen molar-refractivity contribution in [2.75, 3.05) is 19.7 Å². The topological polar surface area (TPSA) is 38.5 Å². The predicted octanol–water partition coefficient (Wildman–Crippen LogP) is 3.17. The Hall–Kier alpha value is -0.120. The quantitative estimate of drug-likeness (QED) is 0.860. The molecular weight excluding hydrogens is 248 g/mol. The number of rotatable bonds is 4. The number of hydrogen-bond donors (Lipinski definition) is 1. The van der Waals surface area contributed by atoms with E-state index in [-0.39, 0.29) is 5.54 Å². The highest BCUT2D eigenvalue weighted by Gasteiger charge is 2.43. The van der Waals surface area contributed by atoms with Gasteiger partial charge in [0.25, 0.3) is 0 Å². The van der Waals surface area contributed by atoms with Gasteiger partial charge in [-0.25, -0.2) is 0 Å². The second-order valence-electron chi connectivity index (χ2n) is 7.14. The first-order valence-electron chi connectivity index (χ1n) is 8.71. The summed E-state index contributed by atoms with van der Waals surface area (Å²) in [5.41, 5.74) is 6.49. The Morgan fingerprint density at radius 3 is 2.75 bits per heavy atom. The third-order valence-electron chi connectivity index (χ3n) is 5.56. The molecule has 118 valence electrons. The van der Waals surface area contributed by atoms with Crippen LogP contribution in [-0.4, -0.2) is 42.3 Å². The van der Waals surface area contributed by atoms with E-state index in [4.69, 9.17) is 10.5 Å². The molecule has 0 aromatic heterocycles. The molecule has 2 saturated heterocycles. The van der Waals surface area contributed by atoms with Crippen LogP contribution in [0.15, 0.2) is 0 Å². The Labute approximate surface area is 125 Å². The van der Waals surface area contributed by atoms with Gasteiger partial charge in [-0.3, -0.25) is 4.90 Å². The minimum absolute atomic E-state index is 0.193. The first-order chi connectivity index (χ1) is 9.63. The second-order valence-corrected chi connectivity index (χ2v) is 7.14. The van der Waals surface area contributed by atoms with Crippen LogP contribution in [0.3, 0.4) is 0 Å². The fourth-order valence-corrected chi connectivity index (χ4v) is 4.15. The van der Waals surface area contributed by atoms with Gasteiger partial charge in [-0.05, 0) is 44.6 Å². The normalized spacial score (nSPS) is 37.0. The molecule has 2 fully saturated rings. The Morgan fingerprint density at radius 1 is 1.30 bits per heavy atom. The molecule has 3 nitrogen and oxygen atoms in total. The largest absolute Gasteiger partial charge is 0.378 e. The molecule has 0 aromatic carbocycles. The van der Waals surface area contributed by atoms with Gasteiger partial charge in [-0.2, -0.15) is 0 Å². The molecule has 20 heavy (non-hydrogen) atoms. The highest BCUT2D eigenvalue weighted by Crippen LogP contribution is 2.37. The van der Waals surface area contributed by atoms with Crippen molar-refractivity contribution in [1.82, 2.24) is 4.90 Å². The fraction of sp³-hybridized carbons (Fsp3) is 1.00.